The van der Waals surface area contributed by atoms with Gasteiger partial charge in [-0.1, -0.05) is 28.5 Å². The Balaban J connectivity index is 1.94. The molecule has 0 radical (unpaired) electrons. The first-order chi connectivity index (χ1) is 17.4. The second-order valence-electron chi connectivity index (χ2n) is 8.01. The van der Waals surface area contributed by atoms with E-state index in [0.717, 1.165) is 0 Å². The van der Waals surface area contributed by atoms with Crippen molar-refractivity contribution >= 4 is 59.1 Å². The van der Waals surface area contributed by atoms with Crippen LogP contribution in [0.4, 0.5) is 5.82 Å². The first-order valence-electron chi connectivity index (χ1n) is 10.7. The van der Waals surface area contributed by atoms with Gasteiger partial charge in [0.25, 0.3) is 0 Å². The van der Waals surface area contributed by atoms with Crippen molar-refractivity contribution in [3.63, 3.8) is 0 Å². The van der Waals surface area contributed by atoms with Gasteiger partial charge in [0, 0.05) is 30.3 Å². The maximum atomic E-state index is 12.3. The van der Waals surface area contributed by atoms with E-state index in [0.29, 0.717) is 13.0 Å². The molecule has 7 N–H and O–H groups in total. The molecule has 1 saturated heterocycles. The Hall–Kier alpha value is -0.220. The molecule has 1 aliphatic heterocycles. The second kappa shape index (κ2) is 16.1. The molecule has 5 atom stereocenters. The standard InChI is InChI=1S/C17H31N4O11P3S2/c1-4-14(22)19-9-17(2,3)37-36-10-28-11-7-15(21-6-5-13(18)20-16(21)23)30-12(11)8-29-34(26)32-35(27)31-33(24)25/h5-6,11-12,15,24-27H,4,7-10H2,1-3H3,(H,19,22)(H2,18,20,23)/t11-,12?,15-,34?,35?/m1/s1. The fraction of sp³-hybridized carbons (Fsp3) is 0.706. The Bertz CT molecular complexity index is 919. The number of hydrogen-bond acceptors (Lipinski definition) is 15. The SMILES string of the molecule is CCC(=O)NCC(C)(C)SSCO[C@@H]1C[C@H](n2ccc(N)nc2=O)OC1COP(O)OP(O)OP(O)O. The van der Waals surface area contributed by atoms with Crippen molar-refractivity contribution in [3.05, 3.63) is 22.7 Å². The fourth-order valence-electron chi connectivity index (χ4n) is 2.90. The fourth-order valence-corrected chi connectivity index (χ4v) is 6.91. The van der Waals surface area contributed by atoms with Crippen LogP contribution in [0.25, 0.3) is 0 Å². The van der Waals surface area contributed by atoms with Crippen molar-refractivity contribution in [2.45, 2.75) is 56.8 Å². The number of nitrogens with zero attached hydrogens (tertiary/aromatic N) is 2. The molecule has 3 unspecified atom stereocenters. The molecule has 1 aliphatic rings. The number of carbonyl (C=O) groups is 1. The van der Waals surface area contributed by atoms with Crippen LogP contribution in [0.2, 0.25) is 0 Å². The maximum absolute atomic E-state index is 12.3. The van der Waals surface area contributed by atoms with Crippen molar-refractivity contribution in [2.24, 2.45) is 0 Å². The predicted octanol–water partition coefficient (Wildman–Crippen LogP) is 1.84. The first kappa shape index (κ1) is 33.0. The monoisotopic (exact) mass is 624 g/mol. The molecule has 2 rings (SSSR count). The van der Waals surface area contributed by atoms with Crippen molar-refractivity contribution < 1.29 is 47.0 Å². The van der Waals surface area contributed by atoms with Crippen LogP contribution >= 0.6 is 47.4 Å². The highest BCUT2D eigenvalue weighted by atomic mass is 33.1. The van der Waals surface area contributed by atoms with E-state index in [1.54, 1.807) is 6.92 Å². The van der Waals surface area contributed by atoms with Crippen LogP contribution in [0.1, 0.15) is 39.8 Å². The summed E-state index contributed by atoms with van der Waals surface area (Å²) in [4.78, 5) is 64.2. The lowest BCUT2D eigenvalue weighted by molar-refractivity contribution is -0.120. The average molecular weight is 625 g/mol. The van der Waals surface area contributed by atoms with Gasteiger partial charge in [-0.15, -0.1) is 0 Å². The van der Waals surface area contributed by atoms with Crippen LogP contribution in [-0.4, -0.2) is 71.1 Å². The highest BCUT2D eigenvalue weighted by Gasteiger charge is 2.39. The molecule has 0 aromatic carbocycles. The number of anilines is 1. The molecule has 1 amide bonds. The van der Waals surface area contributed by atoms with E-state index in [9.17, 15) is 19.4 Å². The minimum absolute atomic E-state index is 0.0269. The van der Waals surface area contributed by atoms with E-state index in [4.69, 9.17) is 29.5 Å². The first-order valence-corrected chi connectivity index (χ1v) is 16.5. The number of amides is 1. The van der Waals surface area contributed by atoms with Crippen LogP contribution in [0.5, 0.6) is 0 Å². The summed E-state index contributed by atoms with van der Waals surface area (Å²) in [5.41, 5.74) is 4.95. The zero-order valence-corrected chi connectivity index (χ0v) is 24.5. The molecule has 0 saturated carbocycles. The van der Waals surface area contributed by atoms with Gasteiger partial charge in [-0.2, -0.15) is 4.98 Å². The molecule has 1 aromatic rings. The molecule has 1 fully saturated rings. The lowest BCUT2D eigenvalue weighted by atomic mass is 10.2. The molecule has 0 spiro atoms. The third-order valence-electron chi connectivity index (χ3n) is 4.62. The minimum atomic E-state index is -2.88. The predicted molar refractivity (Wildman–Crippen MR) is 141 cm³/mol. The van der Waals surface area contributed by atoms with Crippen LogP contribution in [-0.2, 0) is 27.4 Å². The summed E-state index contributed by atoms with van der Waals surface area (Å²) in [6, 6.07) is 1.46. The van der Waals surface area contributed by atoms with Gasteiger partial charge < -0.3 is 44.6 Å². The van der Waals surface area contributed by atoms with E-state index < -0.39 is 49.9 Å². The molecular weight excluding hydrogens is 593 g/mol. The van der Waals surface area contributed by atoms with Crippen molar-refractivity contribution in [3.8, 4) is 0 Å². The van der Waals surface area contributed by atoms with E-state index in [2.05, 4.69) is 18.9 Å². The van der Waals surface area contributed by atoms with Crippen molar-refractivity contribution in [1.29, 1.82) is 0 Å². The largest absolute Gasteiger partial charge is 0.383 e. The Kier molecular flexibility index (Phi) is 14.4. The summed E-state index contributed by atoms with van der Waals surface area (Å²) in [5, 5.41) is 2.86. The van der Waals surface area contributed by atoms with Crippen molar-refractivity contribution in [2.75, 3.05) is 24.8 Å². The summed E-state index contributed by atoms with van der Waals surface area (Å²) < 4.78 is 27.0. The number of nitrogens with one attached hydrogen (secondary N) is 1. The molecule has 20 heteroatoms. The van der Waals surface area contributed by atoms with Gasteiger partial charge in [-0.05, 0) is 19.9 Å². The molecule has 2 heterocycles. The molecule has 0 bridgehead atoms. The lowest BCUT2D eigenvalue weighted by Gasteiger charge is -2.24. The number of rotatable bonds is 16. The van der Waals surface area contributed by atoms with E-state index in [-0.39, 0.29) is 35.4 Å². The van der Waals surface area contributed by atoms with Crippen LogP contribution in [0.15, 0.2) is 17.1 Å². The van der Waals surface area contributed by atoms with E-state index in [1.165, 1.54) is 38.4 Å². The van der Waals surface area contributed by atoms with Gasteiger partial charge in [-0.25, -0.2) is 13.4 Å². The molecule has 15 nitrogen and oxygen atoms in total. The average Bonchev–Trinajstić information content (AvgIpc) is 3.21. The Morgan fingerprint density at radius 2 is 2.05 bits per heavy atom. The smallest absolute Gasteiger partial charge is 0.351 e. The van der Waals surface area contributed by atoms with E-state index in [1.807, 2.05) is 13.8 Å². The summed E-state index contributed by atoms with van der Waals surface area (Å²) >= 11 is 0. The lowest BCUT2D eigenvalue weighted by Crippen LogP contribution is -2.35. The van der Waals surface area contributed by atoms with Gasteiger partial charge in [0.2, 0.25) is 5.91 Å². The topological polar surface area (TPSA) is 217 Å². The quantitative estimate of drug-likeness (QED) is 0.0669. The number of nitrogens with two attached hydrogens (primary N) is 1. The number of hydrogen-bond donors (Lipinski definition) is 6. The van der Waals surface area contributed by atoms with E-state index >= 15 is 0 Å². The number of carbonyl (C=O) groups excluding carboxylic acids is 1. The van der Waals surface area contributed by atoms with Gasteiger partial charge in [0.1, 0.15) is 24.1 Å². The molecule has 0 aliphatic carbocycles. The van der Waals surface area contributed by atoms with Gasteiger partial charge in [0.05, 0.1) is 12.7 Å². The summed E-state index contributed by atoms with van der Waals surface area (Å²) in [7, 11) is -5.31. The number of aromatic nitrogens is 2. The molecule has 212 valence electrons. The normalized spacial score (nSPS) is 21.8. The van der Waals surface area contributed by atoms with Gasteiger partial charge >= 0.3 is 31.5 Å². The number of nitrogen functional groups attached to an aromatic ring is 1. The highest BCUT2D eigenvalue weighted by Crippen LogP contribution is 2.55. The molecular formula is C17H31N4O11P3S2. The Morgan fingerprint density at radius 3 is 2.70 bits per heavy atom. The zero-order valence-electron chi connectivity index (χ0n) is 20.2. The van der Waals surface area contributed by atoms with Crippen LogP contribution in [0, 0.1) is 0 Å². The summed E-state index contributed by atoms with van der Waals surface area (Å²) in [6.07, 6.45) is 0.0934. The second-order valence-corrected chi connectivity index (χ2v) is 14.0. The zero-order chi connectivity index (χ0) is 27.6. The third kappa shape index (κ3) is 12.2. The van der Waals surface area contributed by atoms with Crippen molar-refractivity contribution in [1.82, 2.24) is 14.9 Å². The Labute approximate surface area is 225 Å². The number of ether oxygens (including phenoxy) is 2. The van der Waals surface area contributed by atoms with Gasteiger partial charge in [-0.3, -0.25) is 9.36 Å². The third-order valence-corrected chi connectivity index (χ3v) is 10.2. The highest BCUT2D eigenvalue weighted by molar-refractivity contribution is 8.77. The Morgan fingerprint density at radius 1 is 1.32 bits per heavy atom. The molecule has 37 heavy (non-hydrogen) atoms. The molecule has 1 aromatic heterocycles. The summed E-state index contributed by atoms with van der Waals surface area (Å²) in [5.74, 6) is 0.290. The minimum Gasteiger partial charge on any atom is -0.383 e. The maximum Gasteiger partial charge on any atom is 0.351 e. The van der Waals surface area contributed by atoms with Gasteiger partial charge in [0.15, 0.2) is 0 Å². The van der Waals surface area contributed by atoms with Crippen LogP contribution < -0.4 is 16.7 Å². The van der Waals surface area contributed by atoms with Crippen LogP contribution in [0.3, 0.4) is 0 Å². The summed E-state index contributed by atoms with van der Waals surface area (Å²) in [6.45, 7) is 6.02.